The smallest absolute Gasteiger partial charge is 0.0223 e. The highest BCUT2D eigenvalue weighted by Gasteiger charge is 2.33. The lowest BCUT2D eigenvalue weighted by Gasteiger charge is -2.48. The van der Waals surface area contributed by atoms with E-state index in [-0.39, 0.29) is 0 Å². The second-order valence-corrected chi connectivity index (χ2v) is 6.62. The first kappa shape index (κ1) is 14.0. The van der Waals surface area contributed by atoms with Gasteiger partial charge in [0.05, 0.1) is 0 Å². The van der Waals surface area contributed by atoms with Gasteiger partial charge in [0.25, 0.3) is 0 Å². The van der Waals surface area contributed by atoms with Gasteiger partial charge in [-0.1, -0.05) is 20.8 Å². The van der Waals surface area contributed by atoms with Crippen molar-refractivity contribution in [1.82, 2.24) is 10.2 Å². The second-order valence-electron chi connectivity index (χ2n) is 6.62. The van der Waals surface area contributed by atoms with E-state index in [0.29, 0.717) is 17.6 Å². The zero-order valence-corrected chi connectivity index (χ0v) is 12.0. The van der Waals surface area contributed by atoms with Crippen LogP contribution in [0.5, 0.6) is 0 Å². The minimum absolute atomic E-state index is 0.304. The molecule has 96 valence electrons. The van der Waals surface area contributed by atoms with Crippen LogP contribution < -0.4 is 5.32 Å². The van der Waals surface area contributed by atoms with Crippen LogP contribution in [0.3, 0.4) is 0 Å². The van der Waals surface area contributed by atoms with Crippen LogP contribution in [0.15, 0.2) is 0 Å². The van der Waals surface area contributed by atoms with Crippen LogP contribution >= 0.6 is 0 Å². The van der Waals surface area contributed by atoms with Gasteiger partial charge in [-0.25, -0.2) is 0 Å². The van der Waals surface area contributed by atoms with E-state index in [4.69, 9.17) is 0 Å². The average molecular weight is 226 g/mol. The van der Waals surface area contributed by atoms with E-state index in [9.17, 15) is 0 Å². The molecule has 0 spiro atoms. The SMILES string of the molecule is CCC1CNC(CC(C)C)CN1C(C)(C)C. The Bertz CT molecular complexity index is 205. The summed E-state index contributed by atoms with van der Waals surface area (Å²) in [4.78, 5) is 2.69. The van der Waals surface area contributed by atoms with E-state index < -0.39 is 0 Å². The Morgan fingerprint density at radius 1 is 1.31 bits per heavy atom. The summed E-state index contributed by atoms with van der Waals surface area (Å²) >= 11 is 0. The van der Waals surface area contributed by atoms with Crippen LogP contribution in [0, 0.1) is 5.92 Å². The third-order valence-electron chi connectivity index (χ3n) is 3.59. The standard InChI is InChI=1S/C14H30N2/c1-7-13-9-15-12(8-11(2)3)10-16(13)14(4,5)6/h11-13,15H,7-10H2,1-6H3. The van der Waals surface area contributed by atoms with Gasteiger partial charge in [-0.15, -0.1) is 0 Å². The van der Waals surface area contributed by atoms with Gasteiger partial charge in [0.1, 0.15) is 0 Å². The van der Waals surface area contributed by atoms with Crippen molar-refractivity contribution >= 4 is 0 Å². The third-order valence-corrected chi connectivity index (χ3v) is 3.59. The molecule has 1 rings (SSSR count). The molecule has 1 N–H and O–H groups in total. The van der Waals surface area contributed by atoms with Gasteiger partial charge >= 0.3 is 0 Å². The van der Waals surface area contributed by atoms with Gasteiger partial charge < -0.3 is 5.32 Å². The topological polar surface area (TPSA) is 15.3 Å². The number of nitrogens with zero attached hydrogens (tertiary/aromatic N) is 1. The fourth-order valence-electron chi connectivity index (χ4n) is 2.78. The molecule has 2 atom stereocenters. The Labute approximate surface area is 102 Å². The molecule has 1 fully saturated rings. The maximum absolute atomic E-state index is 3.71. The molecular formula is C14H30N2. The first-order valence-corrected chi connectivity index (χ1v) is 6.84. The molecule has 16 heavy (non-hydrogen) atoms. The second kappa shape index (κ2) is 5.50. The number of hydrogen-bond donors (Lipinski definition) is 1. The van der Waals surface area contributed by atoms with E-state index in [1.54, 1.807) is 0 Å². The summed E-state index contributed by atoms with van der Waals surface area (Å²) in [5.74, 6) is 0.789. The lowest BCUT2D eigenvalue weighted by atomic mass is 9.94. The Morgan fingerprint density at radius 3 is 2.38 bits per heavy atom. The molecule has 1 heterocycles. The minimum atomic E-state index is 0.304. The molecule has 0 aliphatic carbocycles. The van der Waals surface area contributed by atoms with Crippen molar-refractivity contribution in [3.63, 3.8) is 0 Å². The highest BCUT2D eigenvalue weighted by atomic mass is 15.3. The lowest BCUT2D eigenvalue weighted by Crippen LogP contribution is -2.61. The summed E-state index contributed by atoms with van der Waals surface area (Å²) < 4.78 is 0. The lowest BCUT2D eigenvalue weighted by molar-refractivity contribution is 0.0355. The monoisotopic (exact) mass is 226 g/mol. The van der Waals surface area contributed by atoms with Gasteiger partial charge in [-0.05, 0) is 39.5 Å². The fourth-order valence-corrected chi connectivity index (χ4v) is 2.78. The van der Waals surface area contributed by atoms with Crippen molar-refractivity contribution in [2.45, 2.75) is 72.0 Å². The Balaban J connectivity index is 2.62. The molecule has 0 aromatic rings. The molecule has 1 saturated heterocycles. The summed E-state index contributed by atoms with van der Waals surface area (Å²) in [6, 6.07) is 1.39. The molecule has 0 aromatic heterocycles. The Hall–Kier alpha value is -0.0800. The van der Waals surface area contributed by atoms with Crippen molar-refractivity contribution in [3.05, 3.63) is 0 Å². The van der Waals surface area contributed by atoms with Gasteiger partial charge in [0.15, 0.2) is 0 Å². The van der Waals surface area contributed by atoms with E-state index in [0.717, 1.165) is 12.5 Å². The molecule has 1 aliphatic rings. The summed E-state index contributed by atoms with van der Waals surface area (Å²) in [7, 11) is 0. The van der Waals surface area contributed by atoms with Crippen LogP contribution in [0.2, 0.25) is 0 Å². The van der Waals surface area contributed by atoms with Crippen molar-refractivity contribution in [1.29, 1.82) is 0 Å². The van der Waals surface area contributed by atoms with Gasteiger partial charge in [0, 0.05) is 30.7 Å². The Morgan fingerprint density at radius 2 is 1.94 bits per heavy atom. The van der Waals surface area contributed by atoms with E-state index >= 15 is 0 Å². The molecule has 0 saturated carbocycles. The number of rotatable bonds is 3. The average Bonchev–Trinajstić information content (AvgIpc) is 2.15. The minimum Gasteiger partial charge on any atom is -0.311 e. The summed E-state index contributed by atoms with van der Waals surface area (Å²) in [6.45, 7) is 16.3. The van der Waals surface area contributed by atoms with Crippen LogP contribution in [0.1, 0.15) is 54.4 Å². The van der Waals surface area contributed by atoms with Gasteiger partial charge in [-0.3, -0.25) is 4.90 Å². The van der Waals surface area contributed by atoms with Gasteiger partial charge in [-0.2, -0.15) is 0 Å². The summed E-state index contributed by atoms with van der Waals surface area (Å²) in [6.07, 6.45) is 2.54. The maximum Gasteiger partial charge on any atom is 0.0223 e. The van der Waals surface area contributed by atoms with Gasteiger partial charge in [0.2, 0.25) is 0 Å². The van der Waals surface area contributed by atoms with E-state index in [1.807, 2.05) is 0 Å². The quantitative estimate of drug-likeness (QED) is 0.796. The first-order valence-electron chi connectivity index (χ1n) is 6.84. The van der Waals surface area contributed by atoms with Crippen molar-refractivity contribution in [3.8, 4) is 0 Å². The highest BCUT2D eigenvalue weighted by Crippen LogP contribution is 2.23. The molecule has 2 unspecified atom stereocenters. The molecule has 0 aromatic carbocycles. The summed E-state index contributed by atoms with van der Waals surface area (Å²) in [5, 5.41) is 3.71. The normalized spacial score (nSPS) is 28.7. The summed E-state index contributed by atoms with van der Waals surface area (Å²) in [5.41, 5.74) is 0.304. The molecule has 0 amide bonds. The zero-order chi connectivity index (χ0) is 12.3. The molecule has 0 radical (unpaired) electrons. The predicted octanol–water partition coefficient (Wildman–Crippen LogP) is 2.88. The largest absolute Gasteiger partial charge is 0.311 e. The van der Waals surface area contributed by atoms with Crippen LogP contribution in [-0.4, -0.2) is 35.6 Å². The number of piperazine rings is 1. The molecule has 2 nitrogen and oxygen atoms in total. The highest BCUT2D eigenvalue weighted by molar-refractivity contribution is 4.92. The van der Waals surface area contributed by atoms with Crippen LogP contribution in [0.4, 0.5) is 0 Å². The zero-order valence-electron chi connectivity index (χ0n) is 12.0. The van der Waals surface area contributed by atoms with Crippen LogP contribution in [-0.2, 0) is 0 Å². The Kier molecular flexibility index (Phi) is 4.81. The van der Waals surface area contributed by atoms with E-state index in [2.05, 4.69) is 51.8 Å². The molecular weight excluding hydrogens is 196 g/mol. The van der Waals surface area contributed by atoms with Crippen LogP contribution in [0.25, 0.3) is 0 Å². The van der Waals surface area contributed by atoms with Crippen molar-refractivity contribution in [2.75, 3.05) is 13.1 Å². The molecule has 0 bridgehead atoms. The van der Waals surface area contributed by atoms with Crippen molar-refractivity contribution in [2.24, 2.45) is 5.92 Å². The fraction of sp³-hybridized carbons (Fsp3) is 1.00. The number of hydrogen-bond acceptors (Lipinski definition) is 2. The number of nitrogens with one attached hydrogen (secondary N) is 1. The molecule has 1 aliphatic heterocycles. The third kappa shape index (κ3) is 3.74. The predicted molar refractivity (Wildman–Crippen MR) is 71.8 cm³/mol. The maximum atomic E-state index is 3.71. The first-order chi connectivity index (χ1) is 7.34. The van der Waals surface area contributed by atoms with E-state index in [1.165, 1.54) is 19.4 Å². The molecule has 2 heteroatoms. The van der Waals surface area contributed by atoms with Crippen molar-refractivity contribution < 1.29 is 0 Å².